The molecule has 150 valence electrons. The van der Waals surface area contributed by atoms with E-state index in [1.807, 2.05) is 49.4 Å². The molecule has 0 aliphatic heterocycles. The van der Waals surface area contributed by atoms with Gasteiger partial charge in [-0.1, -0.05) is 30.3 Å². The standard InChI is InChI=1S/C23H24N2O4/c1-15-5-4-6-20(22(15)24)23(27)29-14-21(26)25(2)13-16-7-8-18-12-19(28-3)10-9-17(18)11-16/h4-12H,13-14,24H2,1-3H3. The van der Waals surface area contributed by atoms with Gasteiger partial charge in [0.15, 0.2) is 6.61 Å². The second kappa shape index (κ2) is 8.65. The minimum atomic E-state index is -0.604. The monoisotopic (exact) mass is 392 g/mol. The van der Waals surface area contributed by atoms with Gasteiger partial charge in [-0.05, 0) is 53.1 Å². The molecule has 6 heteroatoms. The minimum absolute atomic E-state index is 0.269. The summed E-state index contributed by atoms with van der Waals surface area (Å²) >= 11 is 0. The summed E-state index contributed by atoms with van der Waals surface area (Å²) in [6, 6.07) is 16.9. The topological polar surface area (TPSA) is 81.9 Å². The SMILES string of the molecule is COc1ccc2cc(CN(C)C(=O)COC(=O)c3cccc(C)c3N)ccc2c1. The molecule has 0 atom stereocenters. The average Bonchev–Trinajstić information content (AvgIpc) is 2.73. The van der Waals surface area contributed by atoms with Gasteiger partial charge in [-0.2, -0.15) is 0 Å². The predicted molar refractivity (Wildman–Crippen MR) is 113 cm³/mol. The summed E-state index contributed by atoms with van der Waals surface area (Å²) in [4.78, 5) is 26.1. The van der Waals surface area contributed by atoms with Crippen molar-refractivity contribution in [1.82, 2.24) is 4.90 Å². The van der Waals surface area contributed by atoms with E-state index in [0.29, 0.717) is 12.2 Å². The number of anilines is 1. The van der Waals surface area contributed by atoms with Gasteiger partial charge in [-0.25, -0.2) is 4.79 Å². The number of esters is 1. The summed E-state index contributed by atoms with van der Waals surface area (Å²) in [5, 5.41) is 2.12. The van der Waals surface area contributed by atoms with Gasteiger partial charge in [-0.15, -0.1) is 0 Å². The number of carbonyl (C=O) groups excluding carboxylic acids is 2. The van der Waals surface area contributed by atoms with Gasteiger partial charge in [0.05, 0.1) is 12.7 Å². The zero-order valence-electron chi connectivity index (χ0n) is 16.8. The van der Waals surface area contributed by atoms with E-state index >= 15 is 0 Å². The summed E-state index contributed by atoms with van der Waals surface area (Å²) in [7, 11) is 3.31. The van der Waals surface area contributed by atoms with Crippen LogP contribution in [0.15, 0.2) is 54.6 Å². The van der Waals surface area contributed by atoms with Gasteiger partial charge < -0.3 is 20.1 Å². The van der Waals surface area contributed by atoms with Crippen LogP contribution < -0.4 is 10.5 Å². The maximum absolute atomic E-state index is 12.4. The number of para-hydroxylation sites is 1. The summed E-state index contributed by atoms with van der Waals surface area (Å²) in [6.07, 6.45) is 0. The number of nitrogen functional groups attached to an aromatic ring is 1. The Bertz CT molecular complexity index is 1060. The van der Waals surface area contributed by atoms with Gasteiger partial charge in [0.2, 0.25) is 0 Å². The summed E-state index contributed by atoms with van der Waals surface area (Å²) in [5.41, 5.74) is 8.32. The third-order valence-corrected chi connectivity index (χ3v) is 4.83. The Morgan fingerprint density at radius 2 is 1.76 bits per heavy atom. The van der Waals surface area contributed by atoms with E-state index in [1.165, 1.54) is 4.90 Å². The van der Waals surface area contributed by atoms with Crippen molar-refractivity contribution in [3.8, 4) is 5.75 Å². The Kier molecular flexibility index (Phi) is 6.02. The number of likely N-dealkylation sites (N-methyl/N-ethyl adjacent to an activating group) is 1. The molecule has 3 rings (SSSR count). The predicted octanol–water partition coefficient (Wildman–Crippen LogP) is 3.55. The van der Waals surface area contributed by atoms with Crippen LogP contribution in [0.5, 0.6) is 5.75 Å². The van der Waals surface area contributed by atoms with Gasteiger partial charge in [0.25, 0.3) is 5.91 Å². The Hall–Kier alpha value is -3.54. The van der Waals surface area contributed by atoms with E-state index in [1.54, 1.807) is 26.3 Å². The van der Waals surface area contributed by atoms with E-state index in [0.717, 1.165) is 27.6 Å². The molecule has 0 aliphatic rings. The average molecular weight is 392 g/mol. The third kappa shape index (κ3) is 4.66. The van der Waals surface area contributed by atoms with Crippen LogP contribution >= 0.6 is 0 Å². The van der Waals surface area contributed by atoms with Crippen molar-refractivity contribution in [1.29, 1.82) is 0 Å². The second-order valence-electron chi connectivity index (χ2n) is 6.91. The molecule has 0 aliphatic carbocycles. The molecule has 0 saturated carbocycles. The van der Waals surface area contributed by atoms with Crippen LogP contribution in [0.4, 0.5) is 5.69 Å². The lowest BCUT2D eigenvalue weighted by Gasteiger charge is -2.18. The van der Waals surface area contributed by atoms with Crippen LogP contribution in [0.1, 0.15) is 21.5 Å². The number of benzene rings is 3. The van der Waals surface area contributed by atoms with Crippen molar-refractivity contribution < 1.29 is 19.1 Å². The van der Waals surface area contributed by atoms with E-state index in [2.05, 4.69) is 0 Å². The van der Waals surface area contributed by atoms with Crippen molar-refractivity contribution in [2.75, 3.05) is 26.5 Å². The molecule has 1 amide bonds. The molecule has 6 nitrogen and oxygen atoms in total. The zero-order chi connectivity index (χ0) is 21.0. The number of carbonyl (C=O) groups is 2. The highest BCUT2D eigenvalue weighted by Crippen LogP contribution is 2.22. The van der Waals surface area contributed by atoms with E-state index in [4.69, 9.17) is 15.2 Å². The van der Waals surface area contributed by atoms with Crippen LogP contribution in [0.2, 0.25) is 0 Å². The number of hydrogen-bond acceptors (Lipinski definition) is 5. The number of aryl methyl sites for hydroxylation is 1. The number of methoxy groups -OCH3 is 1. The maximum Gasteiger partial charge on any atom is 0.340 e. The Balaban J connectivity index is 1.61. The van der Waals surface area contributed by atoms with Gasteiger partial charge in [-0.3, -0.25) is 4.79 Å². The van der Waals surface area contributed by atoms with Crippen LogP contribution in [-0.4, -0.2) is 37.5 Å². The minimum Gasteiger partial charge on any atom is -0.497 e. The van der Waals surface area contributed by atoms with Crippen LogP contribution in [-0.2, 0) is 16.1 Å². The van der Waals surface area contributed by atoms with Crippen LogP contribution in [0.3, 0.4) is 0 Å². The number of ether oxygens (including phenoxy) is 2. The number of hydrogen-bond donors (Lipinski definition) is 1. The summed E-state index contributed by atoms with van der Waals surface area (Å²) < 4.78 is 10.4. The number of nitrogens with two attached hydrogens (primary N) is 1. The molecule has 0 unspecified atom stereocenters. The number of fused-ring (bicyclic) bond motifs is 1. The fourth-order valence-corrected chi connectivity index (χ4v) is 3.03. The fourth-order valence-electron chi connectivity index (χ4n) is 3.03. The first-order valence-corrected chi connectivity index (χ1v) is 9.22. The zero-order valence-corrected chi connectivity index (χ0v) is 16.8. The van der Waals surface area contributed by atoms with Crippen LogP contribution in [0, 0.1) is 6.92 Å². The molecule has 0 radical (unpaired) electrons. The van der Waals surface area contributed by atoms with Crippen molar-refractivity contribution >= 4 is 28.3 Å². The fraction of sp³-hybridized carbons (Fsp3) is 0.217. The molecule has 3 aromatic rings. The number of nitrogens with zero attached hydrogens (tertiary/aromatic N) is 1. The molecule has 0 saturated heterocycles. The number of amides is 1. The summed E-state index contributed by atoms with van der Waals surface area (Å²) in [5.74, 6) is -0.0967. The van der Waals surface area contributed by atoms with Gasteiger partial charge in [0, 0.05) is 19.3 Å². The van der Waals surface area contributed by atoms with E-state index in [-0.39, 0.29) is 18.1 Å². The molecule has 0 bridgehead atoms. The lowest BCUT2D eigenvalue weighted by Crippen LogP contribution is -2.31. The Labute approximate surface area is 169 Å². The molecule has 0 spiro atoms. The summed E-state index contributed by atoms with van der Waals surface area (Å²) in [6.45, 7) is 1.88. The highest BCUT2D eigenvalue weighted by atomic mass is 16.5. The first-order chi connectivity index (χ1) is 13.9. The normalized spacial score (nSPS) is 10.6. The maximum atomic E-state index is 12.4. The highest BCUT2D eigenvalue weighted by Gasteiger charge is 2.16. The molecule has 0 heterocycles. The van der Waals surface area contributed by atoms with Gasteiger partial charge >= 0.3 is 5.97 Å². The van der Waals surface area contributed by atoms with E-state index in [9.17, 15) is 9.59 Å². The van der Waals surface area contributed by atoms with E-state index < -0.39 is 5.97 Å². The molecular formula is C23H24N2O4. The van der Waals surface area contributed by atoms with Crippen molar-refractivity contribution in [2.24, 2.45) is 0 Å². The van der Waals surface area contributed by atoms with Crippen molar-refractivity contribution in [3.05, 3.63) is 71.3 Å². The molecule has 29 heavy (non-hydrogen) atoms. The van der Waals surface area contributed by atoms with Crippen molar-refractivity contribution in [2.45, 2.75) is 13.5 Å². The largest absolute Gasteiger partial charge is 0.497 e. The Morgan fingerprint density at radius 3 is 2.52 bits per heavy atom. The Morgan fingerprint density at radius 1 is 1.03 bits per heavy atom. The molecule has 0 fully saturated rings. The molecule has 0 aromatic heterocycles. The molecular weight excluding hydrogens is 368 g/mol. The smallest absolute Gasteiger partial charge is 0.340 e. The van der Waals surface area contributed by atoms with Crippen LogP contribution in [0.25, 0.3) is 10.8 Å². The highest BCUT2D eigenvalue weighted by molar-refractivity contribution is 5.96. The van der Waals surface area contributed by atoms with Crippen molar-refractivity contribution in [3.63, 3.8) is 0 Å². The third-order valence-electron chi connectivity index (χ3n) is 4.83. The van der Waals surface area contributed by atoms with Gasteiger partial charge in [0.1, 0.15) is 5.75 Å². The molecule has 3 aromatic carbocycles. The lowest BCUT2D eigenvalue weighted by molar-refractivity contribution is -0.133. The number of rotatable bonds is 6. The lowest BCUT2D eigenvalue weighted by atomic mass is 10.1. The molecule has 2 N–H and O–H groups in total. The first-order valence-electron chi connectivity index (χ1n) is 9.22. The quantitative estimate of drug-likeness (QED) is 0.512. The first kappa shape index (κ1) is 20.2. The second-order valence-corrected chi connectivity index (χ2v) is 6.91.